The summed E-state index contributed by atoms with van der Waals surface area (Å²) in [5, 5.41) is 4.35. The van der Waals surface area contributed by atoms with Crippen LogP contribution in [-0.4, -0.2) is 25.2 Å². The van der Waals surface area contributed by atoms with Gasteiger partial charge in [0.25, 0.3) is 5.91 Å². The summed E-state index contributed by atoms with van der Waals surface area (Å²) in [6.07, 6.45) is 3.61. The van der Waals surface area contributed by atoms with Crippen LogP contribution in [0.4, 0.5) is 10.1 Å². The Morgan fingerprint density at radius 3 is 2.71 bits per heavy atom. The van der Waals surface area contributed by atoms with Gasteiger partial charge in [-0.15, -0.1) is 0 Å². The van der Waals surface area contributed by atoms with Crippen LogP contribution in [0.25, 0.3) is 0 Å². The van der Waals surface area contributed by atoms with Gasteiger partial charge in [-0.25, -0.2) is 9.82 Å². The zero-order chi connectivity index (χ0) is 16.9. The molecule has 4 nitrogen and oxygen atoms in total. The maximum Gasteiger partial charge on any atom is 0.271 e. The SMILES string of the molecule is O=C(N/N=C\c1ccc(N2CCCC2)c(F)c1)c1cccc(Cl)c1. The largest absolute Gasteiger partial charge is 0.369 e. The first-order chi connectivity index (χ1) is 11.6. The predicted molar refractivity (Wildman–Crippen MR) is 94.4 cm³/mol. The summed E-state index contributed by atoms with van der Waals surface area (Å²) >= 11 is 5.84. The molecule has 1 fully saturated rings. The third-order valence-electron chi connectivity index (χ3n) is 3.89. The van der Waals surface area contributed by atoms with Gasteiger partial charge in [-0.1, -0.05) is 23.7 Å². The Morgan fingerprint density at radius 2 is 2.00 bits per heavy atom. The second-order valence-electron chi connectivity index (χ2n) is 5.61. The monoisotopic (exact) mass is 345 g/mol. The van der Waals surface area contributed by atoms with E-state index in [2.05, 4.69) is 10.5 Å². The van der Waals surface area contributed by atoms with Crippen LogP contribution >= 0.6 is 11.6 Å². The zero-order valence-electron chi connectivity index (χ0n) is 13.0. The number of carbonyl (C=O) groups excluding carboxylic acids is 1. The summed E-state index contributed by atoms with van der Waals surface area (Å²) in [4.78, 5) is 14.0. The third-order valence-corrected chi connectivity index (χ3v) is 4.12. The Bertz CT molecular complexity index is 773. The molecule has 0 atom stereocenters. The van der Waals surface area contributed by atoms with E-state index in [-0.39, 0.29) is 11.7 Å². The highest BCUT2D eigenvalue weighted by Crippen LogP contribution is 2.23. The Balaban J connectivity index is 1.64. The Labute approximate surface area is 144 Å². The molecule has 1 N–H and O–H groups in total. The molecule has 2 aromatic carbocycles. The third kappa shape index (κ3) is 3.92. The lowest BCUT2D eigenvalue weighted by molar-refractivity contribution is 0.0955. The summed E-state index contributed by atoms with van der Waals surface area (Å²) in [6, 6.07) is 11.5. The van der Waals surface area contributed by atoms with Gasteiger partial charge in [0, 0.05) is 23.7 Å². The highest BCUT2D eigenvalue weighted by Gasteiger charge is 2.15. The van der Waals surface area contributed by atoms with Crippen molar-refractivity contribution in [2.24, 2.45) is 5.10 Å². The van der Waals surface area contributed by atoms with Gasteiger partial charge < -0.3 is 4.90 Å². The molecule has 1 saturated heterocycles. The van der Waals surface area contributed by atoms with Crippen molar-refractivity contribution in [1.82, 2.24) is 5.43 Å². The van der Waals surface area contributed by atoms with E-state index in [9.17, 15) is 9.18 Å². The van der Waals surface area contributed by atoms with E-state index in [0.29, 0.717) is 21.8 Å². The van der Waals surface area contributed by atoms with Gasteiger partial charge in [-0.05, 0) is 48.7 Å². The van der Waals surface area contributed by atoms with Crippen LogP contribution < -0.4 is 10.3 Å². The Morgan fingerprint density at radius 1 is 1.21 bits per heavy atom. The molecule has 0 unspecified atom stereocenters. The number of benzene rings is 2. The summed E-state index contributed by atoms with van der Waals surface area (Å²) in [6.45, 7) is 1.78. The molecule has 0 spiro atoms. The lowest BCUT2D eigenvalue weighted by Crippen LogP contribution is -2.19. The molecular weight excluding hydrogens is 329 g/mol. The minimum atomic E-state index is -0.372. The lowest BCUT2D eigenvalue weighted by Gasteiger charge is -2.18. The van der Waals surface area contributed by atoms with E-state index in [0.717, 1.165) is 25.9 Å². The minimum absolute atomic E-state index is 0.276. The maximum absolute atomic E-state index is 14.2. The maximum atomic E-state index is 14.2. The van der Waals surface area contributed by atoms with Crippen molar-refractivity contribution in [2.45, 2.75) is 12.8 Å². The predicted octanol–water partition coefficient (Wildman–Crippen LogP) is 3.84. The number of halogens is 2. The fraction of sp³-hybridized carbons (Fsp3) is 0.222. The fourth-order valence-corrected chi connectivity index (χ4v) is 2.87. The molecule has 0 aromatic heterocycles. The number of rotatable bonds is 4. The minimum Gasteiger partial charge on any atom is -0.369 e. The molecule has 6 heteroatoms. The van der Waals surface area contributed by atoms with Gasteiger partial charge in [0.05, 0.1) is 11.9 Å². The van der Waals surface area contributed by atoms with Crippen LogP contribution in [0.1, 0.15) is 28.8 Å². The molecular formula is C18H17ClFN3O. The summed E-state index contributed by atoms with van der Waals surface area (Å²) < 4.78 is 14.2. The molecule has 1 aliphatic heterocycles. The molecule has 2 aromatic rings. The number of hydrazone groups is 1. The van der Waals surface area contributed by atoms with E-state index in [1.165, 1.54) is 12.3 Å². The molecule has 0 saturated carbocycles. The van der Waals surface area contributed by atoms with Crippen molar-refractivity contribution in [1.29, 1.82) is 0 Å². The highest BCUT2D eigenvalue weighted by molar-refractivity contribution is 6.30. The van der Waals surface area contributed by atoms with Crippen molar-refractivity contribution < 1.29 is 9.18 Å². The number of hydrogen-bond donors (Lipinski definition) is 1. The fourth-order valence-electron chi connectivity index (χ4n) is 2.68. The van der Waals surface area contributed by atoms with E-state index in [1.807, 2.05) is 4.90 Å². The first-order valence-electron chi connectivity index (χ1n) is 7.77. The summed E-state index contributed by atoms with van der Waals surface area (Å²) in [7, 11) is 0. The van der Waals surface area contributed by atoms with Crippen molar-refractivity contribution >= 4 is 29.4 Å². The van der Waals surface area contributed by atoms with Crippen molar-refractivity contribution in [2.75, 3.05) is 18.0 Å². The highest BCUT2D eigenvalue weighted by atomic mass is 35.5. The molecule has 1 amide bonds. The second kappa shape index (κ2) is 7.45. The molecule has 1 heterocycles. The number of nitrogens with one attached hydrogen (secondary N) is 1. The molecule has 3 rings (SSSR count). The Kier molecular flexibility index (Phi) is 5.11. The summed E-state index contributed by atoms with van der Waals surface area (Å²) in [5.41, 5.74) is 4.02. The van der Waals surface area contributed by atoms with Crippen LogP contribution in [0, 0.1) is 5.82 Å². The molecule has 24 heavy (non-hydrogen) atoms. The quantitative estimate of drug-likeness (QED) is 0.676. The molecule has 0 bridgehead atoms. The normalized spacial score (nSPS) is 14.3. The average Bonchev–Trinajstić information content (AvgIpc) is 3.09. The topological polar surface area (TPSA) is 44.7 Å². The van der Waals surface area contributed by atoms with Crippen LogP contribution in [-0.2, 0) is 0 Å². The van der Waals surface area contributed by atoms with Gasteiger partial charge in [0.1, 0.15) is 5.82 Å². The first kappa shape index (κ1) is 16.5. The molecule has 124 valence electrons. The number of nitrogens with zero attached hydrogens (tertiary/aromatic N) is 2. The standard InChI is InChI=1S/C18H17ClFN3O/c19-15-5-3-4-14(11-15)18(24)22-21-12-13-6-7-17(16(20)10-13)23-8-1-2-9-23/h3-7,10-12H,1-2,8-9H2,(H,22,24)/b21-12-. The van der Waals surface area contributed by atoms with Crippen molar-refractivity contribution in [3.63, 3.8) is 0 Å². The smallest absolute Gasteiger partial charge is 0.271 e. The van der Waals surface area contributed by atoms with E-state index < -0.39 is 0 Å². The molecule has 1 aliphatic rings. The van der Waals surface area contributed by atoms with E-state index >= 15 is 0 Å². The summed E-state index contributed by atoms with van der Waals surface area (Å²) in [5.74, 6) is -0.648. The van der Waals surface area contributed by atoms with E-state index in [4.69, 9.17) is 11.6 Å². The van der Waals surface area contributed by atoms with Gasteiger partial charge in [0.15, 0.2) is 0 Å². The number of amides is 1. The lowest BCUT2D eigenvalue weighted by atomic mass is 10.2. The number of anilines is 1. The van der Waals surface area contributed by atoms with Gasteiger partial charge in [-0.2, -0.15) is 5.10 Å². The molecule has 0 radical (unpaired) electrons. The number of hydrogen-bond acceptors (Lipinski definition) is 3. The first-order valence-corrected chi connectivity index (χ1v) is 8.15. The Hall–Kier alpha value is -2.40. The van der Waals surface area contributed by atoms with Crippen LogP contribution in [0.2, 0.25) is 5.02 Å². The molecule has 0 aliphatic carbocycles. The van der Waals surface area contributed by atoms with Gasteiger partial charge in [-0.3, -0.25) is 4.79 Å². The van der Waals surface area contributed by atoms with Crippen LogP contribution in [0.3, 0.4) is 0 Å². The average molecular weight is 346 g/mol. The second-order valence-corrected chi connectivity index (χ2v) is 6.05. The van der Waals surface area contributed by atoms with Gasteiger partial charge in [0.2, 0.25) is 0 Å². The van der Waals surface area contributed by atoms with Crippen LogP contribution in [0.5, 0.6) is 0 Å². The van der Waals surface area contributed by atoms with Crippen LogP contribution in [0.15, 0.2) is 47.6 Å². The zero-order valence-corrected chi connectivity index (χ0v) is 13.8. The van der Waals surface area contributed by atoms with Crippen molar-refractivity contribution in [3.05, 3.63) is 64.4 Å². The van der Waals surface area contributed by atoms with Gasteiger partial charge >= 0.3 is 0 Å². The number of carbonyl (C=O) groups is 1. The van der Waals surface area contributed by atoms with E-state index in [1.54, 1.807) is 36.4 Å². The van der Waals surface area contributed by atoms with Crippen molar-refractivity contribution in [3.8, 4) is 0 Å².